The predicted octanol–water partition coefficient (Wildman–Crippen LogP) is 5.90. The minimum absolute atomic E-state index is 0.870. The van der Waals surface area contributed by atoms with Gasteiger partial charge in [-0.3, -0.25) is 0 Å². The van der Waals surface area contributed by atoms with Crippen LogP contribution in [-0.4, -0.2) is 0 Å². The Morgan fingerprint density at radius 3 is 2.12 bits per heavy atom. The van der Waals surface area contributed by atoms with Gasteiger partial charge in [0.05, 0.1) is 0 Å². The molecule has 0 amide bonds. The molecule has 0 N–H and O–H groups in total. The van der Waals surface area contributed by atoms with Gasteiger partial charge in [0, 0.05) is 0 Å². The molecule has 1 aliphatic carbocycles. The van der Waals surface area contributed by atoms with E-state index in [1.54, 1.807) is 0 Å². The average Bonchev–Trinajstić information content (AvgIpc) is 2.36. The van der Waals surface area contributed by atoms with Crippen LogP contribution in [0, 0.1) is 11.8 Å². The third-order valence-electron chi connectivity index (χ3n) is 3.91. The normalized spacial score (nSPS) is 26.0. The van der Waals surface area contributed by atoms with Crippen LogP contribution >= 0.6 is 0 Å². The molecule has 0 heterocycles. The van der Waals surface area contributed by atoms with Gasteiger partial charge in [-0.2, -0.15) is 0 Å². The molecule has 0 aromatic carbocycles. The van der Waals surface area contributed by atoms with Crippen LogP contribution in [0.2, 0.25) is 0 Å². The largest absolute Gasteiger partial charge is 0.0914 e. The number of hydrogen-bond donors (Lipinski definition) is 0. The van der Waals surface area contributed by atoms with E-state index in [4.69, 9.17) is 0 Å². The van der Waals surface area contributed by atoms with Crippen LogP contribution in [0.3, 0.4) is 0 Å². The molecule has 0 atom stereocenters. The number of rotatable bonds is 7. The number of allylic oxidation sites excluding steroid dienone is 4. The highest BCUT2D eigenvalue weighted by Crippen LogP contribution is 2.30. The van der Waals surface area contributed by atoms with Crippen LogP contribution in [0.5, 0.6) is 0 Å². The molecule has 0 radical (unpaired) electrons. The Bertz CT molecular complexity index is 216. The summed E-state index contributed by atoms with van der Waals surface area (Å²) in [5, 5.41) is 0. The quantitative estimate of drug-likeness (QED) is 0.380. The molecule has 1 fully saturated rings. The Hall–Kier alpha value is -0.520. The summed E-state index contributed by atoms with van der Waals surface area (Å²) in [4.78, 5) is 0. The number of unbranched alkanes of at least 4 members (excludes halogenated alkanes) is 4. The summed E-state index contributed by atoms with van der Waals surface area (Å²) in [7, 11) is 0. The fourth-order valence-electron chi connectivity index (χ4n) is 2.78. The maximum absolute atomic E-state index is 2.50. The Morgan fingerprint density at radius 2 is 1.53 bits per heavy atom. The molecule has 98 valence electrons. The van der Waals surface area contributed by atoms with Gasteiger partial charge >= 0.3 is 0 Å². The van der Waals surface area contributed by atoms with Crippen LogP contribution in [-0.2, 0) is 0 Å². The third kappa shape index (κ3) is 6.71. The summed E-state index contributed by atoms with van der Waals surface area (Å²) >= 11 is 0. The van der Waals surface area contributed by atoms with Gasteiger partial charge in [0.15, 0.2) is 0 Å². The first-order valence-corrected chi connectivity index (χ1v) is 7.66. The van der Waals surface area contributed by atoms with Crippen LogP contribution in [0.15, 0.2) is 24.3 Å². The van der Waals surface area contributed by atoms with Crippen molar-refractivity contribution in [1.29, 1.82) is 0 Å². The second kappa shape index (κ2) is 9.50. The molecule has 1 rings (SSSR count). The highest BCUT2D eigenvalue weighted by molar-refractivity contribution is 4.95. The molecule has 0 bridgehead atoms. The van der Waals surface area contributed by atoms with Gasteiger partial charge in [0.2, 0.25) is 0 Å². The zero-order valence-corrected chi connectivity index (χ0v) is 11.8. The Morgan fingerprint density at radius 1 is 0.882 bits per heavy atom. The molecule has 0 heteroatoms. The first kappa shape index (κ1) is 14.5. The van der Waals surface area contributed by atoms with Crippen molar-refractivity contribution in [3.8, 4) is 0 Å². The first-order chi connectivity index (χ1) is 8.36. The van der Waals surface area contributed by atoms with Gasteiger partial charge in [-0.05, 0) is 57.3 Å². The summed E-state index contributed by atoms with van der Waals surface area (Å²) in [5.74, 6) is 1.75. The van der Waals surface area contributed by atoms with Crippen LogP contribution in [0.25, 0.3) is 0 Å². The molecule has 0 aromatic rings. The summed E-state index contributed by atoms with van der Waals surface area (Å²) < 4.78 is 0. The van der Waals surface area contributed by atoms with E-state index in [1.807, 2.05) is 0 Å². The minimum atomic E-state index is 0.870. The lowest BCUT2D eigenvalue weighted by Crippen LogP contribution is -2.11. The van der Waals surface area contributed by atoms with E-state index in [-0.39, 0.29) is 0 Å². The van der Waals surface area contributed by atoms with Crippen molar-refractivity contribution in [2.45, 2.75) is 71.6 Å². The monoisotopic (exact) mass is 234 g/mol. The summed E-state index contributed by atoms with van der Waals surface area (Å²) in [6.07, 6.45) is 22.0. The lowest BCUT2D eigenvalue weighted by Gasteiger charge is -2.24. The Labute approximate surface area is 108 Å². The van der Waals surface area contributed by atoms with E-state index in [1.165, 1.54) is 57.8 Å². The second-order valence-corrected chi connectivity index (χ2v) is 5.48. The van der Waals surface area contributed by atoms with Crippen LogP contribution < -0.4 is 0 Å². The van der Waals surface area contributed by atoms with E-state index in [9.17, 15) is 0 Å². The molecular weight excluding hydrogens is 204 g/mol. The van der Waals surface area contributed by atoms with Crippen molar-refractivity contribution in [3.63, 3.8) is 0 Å². The van der Waals surface area contributed by atoms with E-state index in [0.717, 1.165) is 11.8 Å². The molecule has 0 aliphatic heterocycles. The molecule has 0 unspecified atom stereocenters. The fourth-order valence-corrected chi connectivity index (χ4v) is 2.78. The third-order valence-corrected chi connectivity index (χ3v) is 3.91. The molecular formula is C17H30. The average molecular weight is 234 g/mol. The fraction of sp³-hybridized carbons (Fsp3) is 0.765. The van der Waals surface area contributed by atoms with Gasteiger partial charge in [-0.1, -0.05) is 50.5 Å². The maximum Gasteiger partial charge on any atom is -0.0233 e. The van der Waals surface area contributed by atoms with Crippen molar-refractivity contribution in [3.05, 3.63) is 24.3 Å². The van der Waals surface area contributed by atoms with Crippen molar-refractivity contribution in [1.82, 2.24) is 0 Å². The highest BCUT2D eigenvalue weighted by atomic mass is 14.2. The zero-order chi connectivity index (χ0) is 12.3. The van der Waals surface area contributed by atoms with E-state index < -0.39 is 0 Å². The topological polar surface area (TPSA) is 0 Å². The molecule has 0 nitrogen and oxygen atoms in total. The van der Waals surface area contributed by atoms with E-state index >= 15 is 0 Å². The second-order valence-electron chi connectivity index (χ2n) is 5.48. The summed E-state index contributed by atoms with van der Waals surface area (Å²) in [6.45, 7) is 4.42. The van der Waals surface area contributed by atoms with Crippen LogP contribution in [0.1, 0.15) is 71.6 Å². The smallest absolute Gasteiger partial charge is 0.0233 e. The SMILES string of the molecule is CC=CC1CCC(C=CCCCCCC)CC1. The Balaban J connectivity index is 2.06. The molecule has 17 heavy (non-hydrogen) atoms. The van der Waals surface area contributed by atoms with Crippen LogP contribution in [0.4, 0.5) is 0 Å². The first-order valence-electron chi connectivity index (χ1n) is 7.66. The predicted molar refractivity (Wildman–Crippen MR) is 78.2 cm³/mol. The van der Waals surface area contributed by atoms with Gasteiger partial charge in [0.1, 0.15) is 0 Å². The van der Waals surface area contributed by atoms with E-state index in [0.29, 0.717) is 0 Å². The molecule has 1 aliphatic rings. The molecule has 0 spiro atoms. The van der Waals surface area contributed by atoms with Crippen molar-refractivity contribution in [2.75, 3.05) is 0 Å². The van der Waals surface area contributed by atoms with Gasteiger partial charge < -0.3 is 0 Å². The zero-order valence-electron chi connectivity index (χ0n) is 11.8. The van der Waals surface area contributed by atoms with Crippen molar-refractivity contribution in [2.24, 2.45) is 11.8 Å². The number of hydrogen-bond acceptors (Lipinski definition) is 0. The molecule has 0 saturated heterocycles. The molecule has 1 saturated carbocycles. The van der Waals surface area contributed by atoms with E-state index in [2.05, 4.69) is 38.2 Å². The minimum Gasteiger partial charge on any atom is -0.0914 e. The summed E-state index contributed by atoms with van der Waals surface area (Å²) in [5.41, 5.74) is 0. The Kier molecular flexibility index (Phi) is 8.13. The lowest BCUT2D eigenvalue weighted by molar-refractivity contribution is 0.356. The lowest BCUT2D eigenvalue weighted by atomic mass is 9.81. The van der Waals surface area contributed by atoms with Crippen molar-refractivity contribution >= 4 is 0 Å². The van der Waals surface area contributed by atoms with Gasteiger partial charge in [-0.15, -0.1) is 0 Å². The van der Waals surface area contributed by atoms with Crippen molar-refractivity contribution < 1.29 is 0 Å². The van der Waals surface area contributed by atoms with Gasteiger partial charge in [-0.25, -0.2) is 0 Å². The maximum atomic E-state index is 2.50. The standard InChI is InChI=1S/C17H30/c1-3-5-6-7-8-9-11-17-14-12-16(10-4-2)13-15-17/h4,9-11,16-17H,3,5-8,12-15H2,1-2H3. The van der Waals surface area contributed by atoms with Gasteiger partial charge in [0.25, 0.3) is 0 Å². The summed E-state index contributed by atoms with van der Waals surface area (Å²) in [6, 6.07) is 0. The highest BCUT2D eigenvalue weighted by Gasteiger charge is 2.16. The molecule has 0 aromatic heterocycles.